The maximum atomic E-state index is 12.6. The molecule has 1 N–H and O–H groups in total. The minimum absolute atomic E-state index is 0.178. The molecule has 1 aromatic heterocycles. The van der Waals surface area contributed by atoms with Crippen LogP contribution in [0.2, 0.25) is 5.02 Å². The number of nitrogens with one attached hydrogen (secondary N) is 1. The van der Waals surface area contributed by atoms with E-state index in [9.17, 15) is 13.2 Å². The second-order valence-corrected chi connectivity index (χ2v) is 4.78. The largest absolute Gasteiger partial charge is 0.416 e. The van der Waals surface area contributed by atoms with Crippen molar-refractivity contribution in [3.8, 4) is 0 Å². The van der Waals surface area contributed by atoms with Gasteiger partial charge in [0.1, 0.15) is 5.82 Å². The van der Waals surface area contributed by atoms with Crippen LogP contribution in [0.25, 0.3) is 0 Å². The Morgan fingerprint density at radius 2 is 1.80 bits per heavy atom. The second-order valence-electron chi connectivity index (χ2n) is 4.35. The van der Waals surface area contributed by atoms with Crippen LogP contribution in [-0.2, 0) is 6.18 Å². The number of nitrogens with zero attached hydrogens (tertiary/aromatic N) is 1. The van der Waals surface area contributed by atoms with Crippen LogP contribution in [0.5, 0.6) is 0 Å². The molecule has 1 unspecified atom stereocenters. The highest BCUT2D eigenvalue weighted by Gasteiger charge is 2.30. The monoisotopic (exact) mass is 300 g/mol. The van der Waals surface area contributed by atoms with E-state index in [-0.39, 0.29) is 11.9 Å². The Morgan fingerprint density at radius 3 is 2.40 bits per heavy atom. The molecule has 0 fully saturated rings. The van der Waals surface area contributed by atoms with Crippen LogP contribution in [0.1, 0.15) is 24.1 Å². The van der Waals surface area contributed by atoms with Crippen LogP contribution in [0, 0.1) is 0 Å². The highest BCUT2D eigenvalue weighted by molar-refractivity contribution is 6.30. The van der Waals surface area contributed by atoms with Gasteiger partial charge in [-0.3, -0.25) is 0 Å². The number of hydrogen-bond donors (Lipinski definition) is 1. The first kappa shape index (κ1) is 14.7. The Hall–Kier alpha value is -1.75. The van der Waals surface area contributed by atoms with Crippen molar-refractivity contribution in [1.82, 2.24) is 4.98 Å². The first-order valence-corrected chi connectivity index (χ1v) is 6.29. The summed E-state index contributed by atoms with van der Waals surface area (Å²) in [6.45, 7) is 1.84. The Balaban J connectivity index is 2.15. The first-order chi connectivity index (χ1) is 9.36. The fourth-order valence-electron chi connectivity index (χ4n) is 1.74. The number of hydrogen-bond acceptors (Lipinski definition) is 2. The number of alkyl halides is 3. The number of rotatable bonds is 3. The summed E-state index contributed by atoms with van der Waals surface area (Å²) in [4.78, 5) is 3.90. The lowest BCUT2D eigenvalue weighted by Gasteiger charge is -2.16. The van der Waals surface area contributed by atoms with Crippen molar-refractivity contribution in [3.05, 3.63) is 58.7 Å². The van der Waals surface area contributed by atoms with Crippen molar-refractivity contribution in [1.29, 1.82) is 0 Å². The molecule has 20 heavy (non-hydrogen) atoms. The van der Waals surface area contributed by atoms with Crippen LogP contribution in [-0.4, -0.2) is 4.98 Å². The molecule has 2 aromatic rings. The molecular formula is C14H12ClF3N2. The fraction of sp³-hybridized carbons (Fsp3) is 0.214. The van der Waals surface area contributed by atoms with Gasteiger partial charge >= 0.3 is 6.18 Å². The van der Waals surface area contributed by atoms with Crippen LogP contribution >= 0.6 is 11.6 Å². The molecule has 1 aromatic carbocycles. The molecule has 0 aliphatic heterocycles. The molecule has 106 valence electrons. The zero-order valence-electron chi connectivity index (χ0n) is 10.6. The van der Waals surface area contributed by atoms with Crippen LogP contribution in [0.4, 0.5) is 19.0 Å². The van der Waals surface area contributed by atoms with E-state index in [2.05, 4.69) is 10.3 Å². The van der Waals surface area contributed by atoms with Gasteiger partial charge < -0.3 is 5.32 Å². The maximum absolute atomic E-state index is 12.6. The molecule has 0 saturated heterocycles. The van der Waals surface area contributed by atoms with Crippen molar-refractivity contribution in [2.24, 2.45) is 0 Å². The van der Waals surface area contributed by atoms with E-state index in [0.717, 1.165) is 23.9 Å². The zero-order chi connectivity index (χ0) is 14.8. The van der Waals surface area contributed by atoms with Gasteiger partial charge in [-0.25, -0.2) is 4.98 Å². The number of pyridine rings is 1. The standard InChI is InChI=1S/C14H12ClF3N2/c1-9(10-2-4-12(15)5-3-10)20-13-8-11(6-7-19-13)14(16,17)18/h2-9H,1H3,(H,19,20). The number of anilines is 1. The van der Waals surface area contributed by atoms with Crippen molar-refractivity contribution >= 4 is 17.4 Å². The quantitative estimate of drug-likeness (QED) is 0.869. The summed E-state index contributed by atoms with van der Waals surface area (Å²) in [5.41, 5.74) is 0.187. The summed E-state index contributed by atoms with van der Waals surface area (Å²) in [7, 11) is 0. The molecule has 0 aliphatic carbocycles. The van der Waals surface area contributed by atoms with Gasteiger partial charge in [-0.2, -0.15) is 13.2 Å². The molecule has 2 rings (SSSR count). The van der Waals surface area contributed by atoms with Gasteiger partial charge in [0.2, 0.25) is 0 Å². The van der Waals surface area contributed by atoms with Crippen molar-refractivity contribution in [2.75, 3.05) is 5.32 Å². The van der Waals surface area contributed by atoms with Gasteiger partial charge in [0, 0.05) is 17.3 Å². The first-order valence-electron chi connectivity index (χ1n) is 5.91. The maximum Gasteiger partial charge on any atom is 0.416 e. The Kier molecular flexibility index (Phi) is 4.18. The third-order valence-electron chi connectivity index (χ3n) is 2.82. The molecule has 0 amide bonds. The Labute approximate surface area is 119 Å². The molecule has 0 radical (unpaired) electrons. The number of aromatic nitrogens is 1. The van der Waals surface area contributed by atoms with Crippen molar-refractivity contribution in [2.45, 2.75) is 19.1 Å². The van der Waals surface area contributed by atoms with E-state index in [4.69, 9.17) is 11.6 Å². The molecule has 0 spiro atoms. The third-order valence-corrected chi connectivity index (χ3v) is 3.07. The summed E-state index contributed by atoms with van der Waals surface area (Å²) in [5.74, 6) is 0.183. The molecule has 6 heteroatoms. The van der Waals surface area contributed by atoms with Gasteiger partial charge in [0.15, 0.2) is 0 Å². The van der Waals surface area contributed by atoms with Gasteiger partial charge in [0.05, 0.1) is 5.56 Å². The molecule has 0 bridgehead atoms. The molecule has 1 heterocycles. The summed E-state index contributed by atoms with van der Waals surface area (Å²) in [6.07, 6.45) is -3.23. The van der Waals surface area contributed by atoms with Crippen LogP contribution in [0.3, 0.4) is 0 Å². The summed E-state index contributed by atoms with van der Waals surface area (Å²) >= 11 is 5.79. The lowest BCUT2D eigenvalue weighted by Crippen LogP contribution is -2.10. The second kappa shape index (κ2) is 5.71. The van der Waals surface area contributed by atoms with E-state index >= 15 is 0 Å². The van der Waals surface area contributed by atoms with Crippen LogP contribution < -0.4 is 5.32 Å². The number of halogens is 4. The van der Waals surface area contributed by atoms with Crippen molar-refractivity contribution in [3.63, 3.8) is 0 Å². The lowest BCUT2D eigenvalue weighted by molar-refractivity contribution is -0.137. The fourth-order valence-corrected chi connectivity index (χ4v) is 1.87. The zero-order valence-corrected chi connectivity index (χ0v) is 11.3. The highest BCUT2D eigenvalue weighted by Crippen LogP contribution is 2.30. The number of benzene rings is 1. The lowest BCUT2D eigenvalue weighted by atomic mass is 10.1. The van der Waals surface area contributed by atoms with E-state index in [1.807, 2.05) is 19.1 Å². The third kappa shape index (κ3) is 3.63. The average Bonchev–Trinajstić information content (AvgIpc) is 2.38. The molecule has 0 saturated carbocycles. The van der Waals surface area contributed by atoms with Gasteiger partial charge in [0.25, 0.3) is 0 Å². The van der Waals surface area contributed by atoms with Gasteiger partial charge in [-0.1, -0.05) is 23.7 Å². The normalized spacial score (nSPS) is 13.1. The van der Waals surface area contributed by atoms with Gasteiger partial charge in [-0.15, -0.1) is 0 Å². The van der Waals surface area contributed by atoms with E-state index < -0.39 is 11.7 Å². The van der Waals surface area contributed by atoms with E-state index in [1.54, 1.807) is 12.1 Å². The molecule has 1 atom stereocenters. The van der Waals surface area contributed by atoms with Crippen molar-refractivity contribution < 1.29 is 13.2 Å². The molecule has 2 nitrogen and oxygen atoms in total. The Bertz CT molecular complexity index is 582. The minimum atomic E-state index is -4.37. The predicted molar refractivity (Wildman–Crippen MR) is 72.7 cm³/mol. The molecular weight excluding hydrogens is 289 g/mol. The SMILES string of the molecule is CC(Nc1cc(C(F)(F)F)ccn1)c1ccc(Cl)cc1. The smallest absolute Gasteiger partial charge is 0.364 e. The predicted octanol–water partition coefficient (Wildman–Crippen LogP) is 4.93. The van der Waals surface area contributed by atoms with E-state index in [1.165, 1.54) is 0 Å². The van der Waals surface area contributed by atoms with Crippen LogP contribution in [0.15, 0.2) is 42.6 Å². The minimum Gasteiger partial charge on any atom is -0.364 e. The topological polar surface area (TPSA) is 24.9 Å². The molecule has 0 aliphatic rings. The average molecular weight is 301 g/mol. The van der Waals surface area contributed by atoms with Gasteiger partial charge in [-0.05, 0) is 36.8 Å². The van der Waals surface area contributed by atoms with E-state index in [0.29, 0.717) is 5.02 Å². The summed E-state index contributed by atoms with van der Waals surface area (Å²) in [6, 6.07) is 8.85. The summed E-state index contributed by atoms with van der Waals surface area (Å²) in [5, 5.41) is 3.55. The Morgan fingerprint density at radius 1 is 1.15 bits per heavy atom. The summed E-state index contributed by atoms with van der Waals surface area (Å²) < 4.78 is 37.8. The highest BCUT2D eigenvalue weighted by atomic mass is 35.5.